The molecule has 2 heterocycles. The molecule has 4 aromatic rings. The van der Waals surface area contributed by atoms with E-state index in [1.165, 1.54) is 4.31 Å². The lowest BCUT2D eigenvalue weighted by atomic mass is 10.1. The van der Waals surface area contributed by atoms with E-state index in [-0.39, 0.29) is 4.90 Å². The van der Waals surface area contributed by atoms with Crippen molar-refractivity contribution in [2.45, 2.75) is 30.2 Å². The Bertz CT molecular complexity index is 1400. The number of nitrogens with zero attached hydrogens (tertiary/aromatic N) is 3. The fraction of sp³-hybridized carbons (Fsp3) is 0.217. The van der Waals surface area contributed by atoms with Crippen LogP contribution >= 0.6 is 23.2 Å². The molecule has 0 aliphatic carbocycles. The monoisotopic (exact) mass is 487 g/mol. The van der Waals surface area contributed by atoms with E-state index in [4.69, 9.17) is 27.7 Å². The van der Waals surface area contributed by atoms with Crippen LogP contribution in [-0.2, 0) is 16.4 Å². The summed E-state index contributed by atoms with van der Waals surface area (Å²) in [5.74, 6) is 0.742. The van der Waals surface area contributed by atoms with Crippen LogP contribution in [0.2, 0.25) is 10.0 Å². The van der Waals surface area contributed by atoms with Crippen LogP contribution < -0.4 is 0 Å². The Hall–Kier alpha value is -2.45. The largest absolute Gasteiger partial charge is 0.338 e. The molecule has 0 unspecified atom stereocenters. The van der Waals surface area contributed by atoms with Gasteiger partial charge < -0.3 is 4.52 Å². The number of aromatic nitrogens is 2. The minimum Gasteiger partial charge on any atom is -0.338 e. The summed E-state index contributed by atoms with van der Waals surface area (Å²) >= 11 is 12.2. The second-order valence-corrected chi connectivity index (χ2v) is 10.5. The summed E-state index contributed by atoms with van der Waals surface area (Å²) in [6, 6.07) is 17.6. The highest BCUT2D eigenvalue weighted by molar-refractivity contribution is 7.89. The van der Waals surface area contributed by atoms with Crippen LogP contribution in [0.5, 0.6) is 0 Å². The zero-order valence-electron chi connectivity index (χ0n) is 16.9. The third kappa shape index (κ3) is 4.01. The van der Waals surface area contributed by atoms with Gasteiger partial charge in [-0.25, -0.2) is 8.42 Å². The highest BCUT2D eigenvalue weighted by Crippen LogP contribution is 2.36. The molecule has 1 saturated heterocycles. The summed E-state index contributed by atoms with van der Waals surface area (Å²) in [7, 11) is -3.72. The summed E-state index contributed by atoms with van der Waals surface area (Å²) in [6.45, 7) is 0.403. The number of fused-ring (bicyclic) bond motifs is 1. The Labute approximate surface area is 195 Å². The van der Waals surface area contributed by atoms with Gasteiger partial charge in [-0.05, 0) is 53.4 Å². The molecule has 0 radical (unpaired) electrons. The van der Waals surface area contributed by atoms with Crippen molar-refractivity contribution >= 4 is 44.0 Å². The van der Waals surface area contributed by atoms with Crippen LogP contribution in [0, 0.1) is 0 Å². The molecular weight excluding hydrogens is 469 g/mol. The van der Waals surface area contributed by atoms with Gasteiger partial charge in [-0.2, -0.15) is 9.29 Å². The maximum Gasteiger partial charge on any atom is 0.245 e. The van der Waals surface area contributed by atoms with Gasteiger partial charge >= 0.3 is 0 Å². The normalized spacial score (nSPS) is 17.2. The van der Waals surface area contributed by atoms with Crippen molar-refractivity contribution in [2.24, 2.45) is 0 Å². The Morgan fingerprint density at radius 2 is 1.84 bits per heavy atom. The predicted octanol–water partition coefficient (Wildman–Crippen LogP) is 5.65. The molecule has 0 amide bonds. The minimum atomic E-state index is -3.72. The molecule has 1 aliphatic rings. The summed E-state index contributed by atoms with van der Waals surface area (Å²) in [5, 5.41) is 6.99. The average Bonchev–Trinajstić information content (AvgIpc) is 3.45. The minimum absolute atomic E-state index is 0.260. The number of rotatable bonds is 5. The highest BCUT2D eigenvalue weighted by Gasteiger charge is 2.39. The number of benzene rings is 3. The molecule has 0 N–H and O–H groups in total. The molecular formula is C23H19Cl2N3O3S. The Balaban J connectivity index is 1.41. The van der Waals surface area contributed by atoms with Gasteiger partial charge in [0.05, 0.1) is 4.90 Å². The molecule has 1 fully saturated rings. The second-order valence-electron chi connectivity index (χ2n) is 7.74. The molecule has 9 heteroatoms. The SMILES string of the molecule is O=S(=O)(c1ccc2ccccc2c1)N1CCC[C@H]1c1nc(Cc2ccc(Cl)cc2Cl)no1. The second kappa shape index (κ2) is 8.48. The molecule has 6 nitrogen and oxygen atoms in total. The summed E-state index contributed by atoms with van der Waals surface area (Å²) in [6.07, 6.45) is 1.71. The fourth-order valence-electron chi connectivity index (χ4n) is 4.05. The van der Waals surface area contributed by atoms with Crippen LogP contribution in [-0.4, -0.2) is 29.4 Å². The maximum atomic E-state index is 13.4. The third-order valence-corrected chi connectivity index (χ3v) is 8.15. The van der Waals surface area contributed by atoms with Crippen molar-refractivity contribution in [1.82, 2.24) is 14.4 Å². The van der Waals surface area contributed by atoms with Gasteiger partial charge in [0.2, 0.25) is 15.9 Å². The van der Waals surface area contributed by atoms with E-state index < -0.39 is 16.1 Å². The Morgan fingerprint density at radius 3 is 2.66 bits per heavy atom. The van der Waals surface area contributed by atoms with Gasteiger partial charge in [-0.3, -0.25) is 0 Å². The van der Waals surface area contributed by atoms with Crippen molar-refractivity contribution in [3.63, 3.8) is 0 Å². The van der Waals surface area contributed by atoms with E-state index in [0.717, 1.165) is 22.8 Å². The van der Waals surface area contributed by atoms with Crippen LogP contribution in [0.1, 0.15) is 36.2 Å². The van der Waals surface area contributed by atoms with E-state index in [2.05, 4.69) is 10.1 Å². The Morgan fingerprint density at radius 1 is 1.03 bits per heavy atom. The molecule has 0 saturated carbocycles. The third-order valence-electron chi connectivity index (χ3n) is 5.66. The van der Waals surface area contributed by atoms with Gasteiger partial charge in [-0.1, -0.05) is 64.8 Å². The van der Waals surface area contributed by atoms with Crippen LogP contribution in [0.15, 0.2) is 70.1 Å². The number of hydrogen-bond acceptors (Lipinski definition) is 5. The average molecular weight is 488 g/mol. The molecule has 1 atom stereocenters. The van der Waals surface area contributed by atoms with Crippen molar-refractivity contribution in [3.05, 3.63) is 88.0 Å². The molecule has 1 aliphatic heterocycles. The van der Waals surface area contributed by atoms with Gasteiger partial charge in [0.25, 0.3) is 0 Å². The zero-order chi connectivity index (χ0) is 22.3. The smallest absolute Gasteiger partial charge is 0.245 e. The van der Waals surface area contributed by atoms with Crippen molar-refractivity contribution in [3.8, 4) is 0 Å². The van der Waals surface area contributed by atoms with Crippen LogP contribution in [0.25, 0.3) is 10.8 Å². The first-order valence-corrected chi connectivity index (χ1v) is 12.4. The molecule has 1 aromatic heterocycles. The van der Waals surface area contributed by atoms with Crippen molar-refractivity contribution < 1.29 is 12.9 Å². The topological polar surface area (TPSA) is 76.3 Å². The van der Waals surface area contributed by atoms with Crippen molar-refractivity contribution in [2.75, 3.05) is 6.54 Å². The molecule has 5 rings (SSSR count). The van der Waals surface area contributed by atoms with E-state index >= 15 is 0 Å². The van der Waals surface area contributed by atoms with Crippen molar-refractivity contribution in [1.29, 1.82) is 0 Å². The number of halogens is 2. The van der Waals surface area contributed by atoms with E-state index in [1.807, 2.05) is 36.4 Å². The summed E-state index contributed by atoms with van der Waals surface area (Å²) in [4.78, 5) is 4.74. The van der Waals surface area contributed by atoms with E-state index in [0.29, 0.717) is 41.1 Å². The van der Waals surface area contributed by atoms with Crippen LogP contribution in [0.3, 0.4) is 0 Å². The number of sulfonamides is 1. The van der Waals surface area contributed by atoms with Gasteiger partial charge in [0.1, 0.15) is 6.04 Å². The molecule has 32 heavy (non-hydrogen) atoms. The van der Waals surface area contributed by atoms with E-state index in [1.54, 1.807) is 24.3 Å². The first-order chi connectivity index (χ1) is 15.4. The van der Waals surface area contributed by atoms with Gasteiger partial charge in [0.15, 0.2) is 5.82 Å². The molecule has 164 valence electrons. The zero-order valence-corrected chi connectivity index (χ0v) is 19.2. The lowest BCUT2D eigenvalue weighted by Gasteiger charge is -2.21. The molecule has 3 aromatic carbocycles. The molecule has 0 spiro atoms. The lowest BCUT2D eigenvalue weighted by molar-refractivity contribution is 0.289. The Kier molecular flexibility index (Phi) is 5.67. The standard InChI is InChI=1S/C23H19Cl2N3O3S/c24-18-9-7-17(20(25)14-18)13-22-26-23(31-27-22)21-6-3-11-28(21)32(29,30)19-10-8-15-4-1-2-5-16(15)12-19/h1-2,4-5,7-10,12,14,21H,3,6,11,13H2/t21-/m0/s1. The fourth-order valence-corrected chi connectivity index (χ4v) is 6.21. The highest BCUT2D eigenvalue weighted by atomic mass is 35.5. The van der Waals surface area contributed by atoms with Gasteiger partial charge in [-0.15, -0.1) is 0 Å². The first kappa shape index (κ1) is 21.4. The predicted molar refractivity (Wildman–Crippen MR) is 123 cm³/mol. The van der Waals surface area contributed by atoms with Crippen LogP contribution in [0.4, 0.5) is 0 Å². The number of hydrogen-bond donors (Lipinski definition) is 0. The first-order valence-electron chi connectivity index (χ1n) is 10.2. The maximum absolute atomic E-state index is 13.4. The molecule has 0 bridgehead atoms. The lowest BCUT2D eigenvalue weighted by Crippen LogP contribution is -2.30. The van der Waals surface area contributed by atoms with E-state index in [9.17, 15) is 8.42 Å². The van der Waals surface area contributed by atoms with Gasteiger partial charge in [0, 0.05) is 23.0 Å². The summed E-state index contributed by atoms with van der Waals surface area (Å²) < 4.78 is 33.8. The quantitative estimate of drug-likeness (QED) is 0.363. The summed E-state index contributed by atoms with van der Waals surface area (Å²) in [5.41, 5.74) is 0.815.